The average molecular weight is 186 g/mol. The lowest BCUT2D eigenvalue weighted by atomic mass is 10.00. The molecule has 0 amide bonds. The summed E-state index contributed by atoms with van der Waals surface area (Å²) in [5.41, 5.74) is 0. The molecule has 0 heterocycles. The molecule has 2 nitrogen and oxygen atoms in total. The predicted molar refractivity (Wildman–Crippen MR) is 54.8 cm³/mol. The molecule has 0 saturated carbocycles. The Balaban J connectivity index is 3.50. The van der Waals surface area contributed by atoms with Crippen molar-refractivity contribution in [1.29, 1.82) is 0 Å². The van der Waals surface area contributed by atoms with Gasteiger partial charge in [-0.1, -0.05) is 26.7 Å². The van der Waals surface area contributed by atoms with E-state index in [2.05, 4.69) is 13.8 Å². The molecule has 0 bridgehead atoms. The van der Waals surface area contributed by atoms with Gasteiger partial charge in [-0.05, 0) is 19.8 Å². The Hall–Kier alpha value is -0.370. The van der Waals surface area contributed by atoms with Crippen molar-refractivity contribution >= 4 is 5.78 Å². The van der Waals surface area contributed by atoms with E-state index >= 15 is 0 Å². The zero-order valence-corrected chi connectivity index (χ0v) is 9.30. The van der Waals surface area contributed by atoms with Gasteiger partial charge in [0.05, 0.1) is 6.10 Å². The van der Waals surface area contributed by atoms with E-state index < -0.39 is 0 Å². The minimum Gasteiger partial charge on any atom is -0.371 e. The van der Waals surface area contributed by atoms with Gasteiger partial charge < -0.3 is 4.74 Å². The van der Waals surface area contributed by atoms with Crippen LogP contribution in [0.25, 0.3) is 0 Å². The van der Waals surface area contributed by atoms with Crippen molar-refractivity contribution in [2.24, 2.45) is 5.92 Å². The van der Waals surface area contributed by atoms with Crippen LogP contribution >= 0.6 is 0 Å². The Morgan fingerprint density at radius 1 is 1.31 bits per heavy atom. The third kappa shape index (κ3) is 7.97. The Morgan fingerprint density at radius 3 is 2.38 bits per heavy atom. The number of Topliss-reactive ketones (excluding diaryl/α,β-unsaturated/α-hetero) is 1. The molecule has 0 rings (SSSR count). The molecule has 0 N–H and O–H groups in total. The second kappa shape index (κ2) is 7.07. The van der Waals surface area contributed by atoms with Crippen LogP contribution in [0.2, 0.25) is 0 Å². The normalized spacial score (nSPS) is 13.3. The molecule has 0 aliphatic carbocycles. The zero-order chi connectivity index (χ0) is 10.3. The Morgan fingerprint density at radius 2 is 1.92 bits per heavy atom. The minimum atomic E-state index is 0.158. The highest BCUT2D eigenvalue weighted by Gasteiger charge is 2.08. The van der Waals surface area contributed by atoms with Crippen molar-refractivity contribution in [2.75, 3.05) is 6.61 Å². The summed E-state index contributed by atoms with van der Waals surface area (Å²) >= 11 is 0. The third-order valence-electron chi connectivity index (χ3n) is 1.94. The van der Waals surface area contributed by atoms with Gasteiger partial charge in [-0.15, -0.1) is 0 Å². The predicted octanol–water partition coefficient (Wildman–Crippen LogP) is 2.81. The maximum atomic E-state index is 11.3. The zero-order valence-electron chi connectivity index (χ0n) is 9.30. The van der Waals surface area contributed by atoms with E-state index in [0.717, 1.165) is 12.8 Å². The van der Waals surface area contributed by atoms with Gasteiger partial charge in [0.2, 0.25) is 0 Å². The van der Waals surface area contributed by atoms with E-state index in [1.54, 1.807) is 0 Å². The summed E-state index contributed by atoms with van der Waals surface area (Å²) in [5, 5.41) is 0. The fraction of sp³-hybridized carbons (Fsp3) is 0.909. The molecule has 0 aromatic carbocycles. The number of rotatable bonds is 7. The summed E-state index contributed by atoms with van der Waals surface area (Å²) < 4.78 is 5.23. The molecule has 0 aliphatic heterocycles. The molecule has 2 heteroatoms. The van der Waals surface area contributed by atoms with Gasteiger partial charge >= 0.3 is 0 Å². The van der Waals surface area contributed by atoms with Crippen LogP contribution in [0.15, 0.2) is 0 Å². The van der Waals surface area contributed by atoms with Gasteiger partial charge in [-0.3, -0.25) is 4.79 Å². The first-order chi connectivity index (χ1) is 6.06. The summed E-state index contributed by atoms with van der Waals surface area (Å²) in [7, 11) is 0. The van der Waals surface area contributed by atoms with Crippen molar-refractivity contribution < 1.29 is 9.53 Å². The maximum absolute atomic E-state index is 11.3. The van der Waals surface area contributed by atoms with Crippen molar-refractivity contribution in [3.05, 3.63) is 0 Å². The van der Waals surface area contributed by atoms with Crippen molar-refractivity contribution in [2.45, 2.75) is 53.1 Å². The first-order valence-corrected chi connectivity index (χ1v) is 5.19. The molecule has 13 heavy (non-hydrogen) atoms. The average Bonchev–Trinajstić information content (AvgIpc) is 2.01. The van der Waals surface area contributed by atoms with Gasteiger partial charge in [0.15, 0.2) is 5.78 Å². The quantitative estimate of drug-likeness (QED) is 0.611. The van der Waals surface area contributed by atoms with Crippen molar-refractivity contribution in [1.82, 2.24) is 0 Å². The standard InChI is InChI=1S/C11H22O2/c1-5-6-10(4)7-11(12)8-13-9(2)3/h9-10H,5-8H2,1-4H3. The van der Waals surface area contributed by atoms with Gasteiger partial charge in [0, 0.05) is 6.42 Å². The molecule has 0 aliphatic rings. The molecule has 0 saturated heterocycles. The van der Waals surface area contributed by atoms with E-state index in [1.807, 2.05) is 13.8 Å². The van der Waals surface area contributed by atoms with Crippen LogP contribution < -0.4 is 0 Å². The minimum absolute atomic E-state index is 0.158. The van der Waals surface area contributed by atoms with Gasteiger partial charge in [0.25, 0.3) is 0 Å². The van der Waals surface area contributed by atoms with E-state index in [4.69, 9.17) is 4.74 Å². The van der Waals surface area contributed by atoms with E-state index in [1.165, 1.54) is 0 Å². The second-order valence-corrected chi connectivity index (χ2v) is 4.00. The summed E-state index contributed by atoms with van der Waals surface area (Å²) in [4.78, 5) is 11.3. The topological polar surface area (TPSA) is 26.3 Å². The van der Waals surface area contributed by atoms with Gasteiger partial charge in [-0.25, -0.2) is 0 Å². The fourth-order valence-corrected chi connectivity index (χ4v) is 1.30. The first-order valence-electron chi connectivity index (χ1n) is 5.19. The highest BCUT2D eigenvalue weighted by Crippen LogP contribution is 2.10. The number of carbonyl (C=O) groups is 1. The lowest BCUT2D eigenvalue weighted by Crippen LogP contribution is -2.15. The summed E-state index contributed by atoms with van der Waals surface area (Å²) in [6, 6.07) is 0. The van der Waals surface area contributed by atoms with Crippen LogP contribution in [0.5, 0.6) is 0 Å². The lowest BCUT2D eigenvalue weighted by Gasteiger charge is -2.10. The Labute approximate surface area is 81.7 Å². The van der Waals surface area contributed by atoms with Gasteiger partial charge in [-0.2, -0.15) is 0 Å². The van der Waals surface area contributed by atoms with Crippen LogP contribution in [0.1, 0.15) is 47.0 Å². The summed E-state index contributed by atoms with van der Waals surface area (Å²) in [5.74, 6) is 0.739. The number of ketones is 1. The molecular weight excluding hydrogens is 164 g/mol. The molecule has 0 fully saturated rings. The molecule has 0 spiro atoms. The molecule has 1 atom stereocenters. The van der Waals surface area contributed by atoms with Crippen LogP contribution in [0.3, 0.4) is 0 Å². The molecular formula is C11H22O2. The lowest BCUT2D eigenvalue weighted by molar-refractivity contribution is -0.125. The van der Waals surface area contributed by atoms with Crippen molar-refractivity contribution in [3.63, 3.8) is 0 Å². The molecule has 1 unspecified atom stereocenters. The van der Waals surface area contributed by atoms with Crippen LogP contribution in [-0.4, -0.2) is 18.5 Å². The maximum Gasteiger partial charge on any atom is 0.158 e. The smallest absolute Gasteiger partial charge is 0.158 e. The molecule has 0 aromatic heterocycles. The van der Waals surface area contributed by atoms with E-state index in [0.29, 0.717) is 12.3 Å². The highest BCUT2D eigenvalue weighted by molar-refractivity contribution is 5.79. The number of hydrogen-bond acceptors (Lipinski definition) is 2. The van der Waals surface area contributed by atoms with E-state index in [-0.39, 0.29) is 18.5 Å². The SMILES string of the molecule is CCCC(C)CC(=O)COC(C)C. The molecule has 0 aromatic rings. The summed E-state index contributed by atoms with van der Waals surface area (Å²) in [6.07, 6.45) is 3.11. The van der Waals surface area contributed by atoms with Gasteiger partial charge in [0.1, 0.15) is 6.61 Å². The number of ether oxygens (including phenoxy) is 1. The number of hydrogen-bond donors (Lipinski definition) is 0. The second-order valence-electron chi connectivity index (χ2n) is 4.00. The number of carbonyl (C=O) groups excluding carboxylic acids is 1. The van der Waals surface area contributed by atoms with E-state index in [9.17, 15) is 4.79 Å². The Bertz CT molecular complexity index is 141. The van der Waals surface area contributed by atoms with Crippen LogP contribution in [0.4, 0.5) is 0 Å². The molecule has 78 valence electrons. The first kappa shape index (κ1) is 12.6. The largest absolute Gasteiger partial charge is 0.371 e. The van der Waals surface area contributed by atoms with Crippen LogP contribution in [0, 0.1) is 5.92 Å². The highest BCUT2D eigenvalue weighted by atomic mass is 16.5. The monoisotopic (exact) mass is 186 g/mol. The Kier molecular flexibility index (Phi) is 6.87. The molecule has 0 radical (unpaired) electrons. The fourth-order valence-electron chi connectivity index (χ4n) is 1.30. The third-order valence-corrected chi connectivity index (χ3v) is 1.94. The summed E-state index contributed by atoms with van der Waals surface area (Å²) in [6.45, 7) is 8.44. The van der Waals surface area contributed by atoms with Crippen LogP contribution in [-0.2, 0) is 9.53 Å². The van der Waals surface area contributed by atoms with Crippen molar-refractivity contribution in [3.8, 4) is 0 Å².